The van der Waals surface area contributed by atoms with E-state index in [-0.39, 0.29) is 12.8 Å². The smallest absolute Gasteiger partial charge is 0.449 e. The number of ketones is 1. The Morgan fingerprint density at radius 2 is 1.31 bits per heavy atom. The number of hydrogen-bond acceptors (Lipinski definition) is 2. The first kappa shape index (κ1) is 14.9. The van der Waals surface area contributed by atoms with Crippen molar-refractivity contribution in [2.24, 2.45) is 0 Å². The number of alkyl halides is 3. The normalized spacial score (nSPS) is 11.4. The van der Waals surface area contributed by atoms with Gasteiger partial charge in [-0.05, 0) is 12.8 Å². The van der Waals surface area contributed by atoms with Crippen molar-refractivity contribution in [2.45, 2.75) is 51.1 Å². The van der Waals surface area contributed by atoms with E-state index in [0.29, 0.717) is 25.7 Å². The quantitative estimate of drug-likeness (QED) is 0.663. The fourth-order valence-corrected chi connectivity index (χ4v) is 1.23. The Bertz CT molecular complexity index is 236. The minimum atomic E-state index is -4.72. The number of hydrogen-bond donors (Lipinski definition) is 1. The van der Waals surface area contributed by atoms with Crippen LogP contribution in [0.15, 0.2) is 0 Å². The summed E-state index contributed by atoms with van der Waals surface area (Å²) in [5.41, 5.74) is 0. The van der Waals surface area contributed by atoms with Crippen LogP contribution in [0, 0.1) is 0 Å². The van der Waals surface area contributed by atoms with Crippen molar-refractivity contribution in [1.82, 2.24) is 0 Å². The zero-order valence-corrected chi connectivity index (χ0v) is 8.85. The van der Waals surface area contributed by atoms with Gasteiger partial charge in [0.25, 0.3) is 0 Å². The summed E-state index contributed by atoms with van der Waals surface area (Å²) in [6.07, 6.45) is -2.49. The number of carboxylic acids is 1. The zero-order chi connectivity index (χ0) is 12.6. The fourth-order valence-electron chi connectivity index (χ4n) is 1.23. The van der Waals surface area contributed by atoms with Crippen molar-refractivity contribution in [2.75, 3.05) is 0 Å². The Kier molecular flexibility index (Phi) is 6.76. The summed E-state index contributed by atoms with van der Waals surface area (Å²) >= 11 is 0. The summed E-state index contributed by atoms with van der Waals surface area (Å²) in [5, 5.41) is 8.31. The summed E-state index contributed by atoms with van der Waals surface area (Å²) in [6.45, 7) is 0. The number of carboxylic acid groups (broad SMARTS) is 1. The molecule has 1 N–H and O–H groups in total. The van der Waals surface area contributed by atoms with Crippen molar-refractivity contribution in [1.29, 1.82) is 0 Å². The van der Waals surface area contributed by atoms with Gasteiger partial charge in [0.15, 0.2) is 0 Å². The summed E-state index contributed by atoms with van der Waals surface area (Å²) in [4.78, 5) is 20.6. The van der Waals surface area contributed by atoms with Gasteiger partial charge >= 0.3 is 12.1 Å². The molecule has 6 heteroatoms. The Hall–Kier alpha value is -1.07. The Morgan fingerprint density at radius 3 is 1.75 bits per heavy atom. The van der Waals surface area contributed by atoms with E-state index in [1.165, 1.54) is 0 Å². The molecule has 0 unspecified atom stereocenters. The molecule has 0 heterocycles. The molecule has 0 aliphatic heterocycles. The molecule has 0 amide bonds. The fraction of sp³-hybridized carbons (Fsp3) is 0.800. The molecule has 0 aliphatic rings. The molecule has 0 radical (unpaired) electrons. The van der Waals surface area contributed by atoms with E-state index in [2.05, 4.69) is 0 Å². The maximum atomic E-state index is 11.8. The number of carbonyl (C=O) groups is 2. The number of halogens is 3. The summed E-state index contributed by atoms with van der Waals surface area (Å²) in [6, 6.07) is 0. The molecule has 94 valence electrons. The van der Waals surface area contributed by atoms with Gasteiger partial charge < -0.3 is 5.11 Å². The van der Waals surface area contributed by atoms with Crippen LogP contribution < -0.4 is 0 Å². The predicted molar refractivity (Wildman–Crippen MR) is 51.0 cm³/mol. The molecule has 0 aromatic rings. The van der Waals surface area contributed by atoms with Gasteiger partial charge in [-0.1, -0.05) is 19.3 Å². The maximum absolute atomic E-state index is 11.8. The van der Waals surface area contributed by atoms with Crippen LogP contribution >= 0.6 is 0 Å². The van der Waals surface area contributed by atoms with E-state index in [0.717, 1.165) is 0 Å². The monoisotopic (exact) mass is 240 g/mol. The molecule has 0 saturated heterocycles. The minimum Gasteiger partial charge on any atom is -0.481 e. The van der Waals surface area contributed by atoms with Crippen molar-refractivity contribution in [3.8, 4) is 0 Å². The lowest BCUT2D eigenvalue weighted by atomic mass is 10.1. The number of carbonyl (C=O) groups excluding carboxylic acids is 1. The number of Topliss-reactive ketones (excluding diaryl/α,β-unsaturated/α-hetero) is 1. The minimum absolute atomic E-state index is 0.0848. The van der Waals surface area contributed by atoms with Crippen molar-refractivity contribution in [3.05, 3.63) is 0 Å². The highest BCUT2D eigenvalue weighted by molar-refractivity contribution is 5.83. The topological polar surface area (TPSA) is 54.4 Å². The molecule has 0 rings (SSSR count). The van der Waals surface area contributed by atoms with Gasteiger partial charge in [-0.15, -0.1) is 0 Å². The number of aliphatic carboxylic acids is 1. The van der Waals surface area contributed by atoms with Crippen LogP contribution in [-0.4, -0.2) is 23.0 Å². The van der Waals surface area contributed by atoms with Gasteiger partial charge in [0.1, 0.15) is 0 Å². The molecule has 0 aromatic heterocycles. The Morgan fingerprint density at radius 1 is 0.875 bits per heavy atom. The third kappa shape index (κ3) is 8.26. The lowest BCUT2D eigenvalue weighted by Gasteiger charge is -2.04. The maximum Gasteiger partial charge on any atom is 0.449 e. The first-order valence-electron chi connectivity index (χ1n) is 5.16. The van der Waals surface area contributed by atoms with Gasteiger partial charge in [-0.3, -0.25) is 9.59 Å². The Balaban J connectivity index is 3.34. The molecule has 3 nitrogen and oxygen atoms in total. The molecule has 0 aliphatic carbocycles. The first-order chi connectivity index (χ1) is 7.34. The number of rotatable bonds is 8. The summed E-state index contributed by atoms with van der Waals surface area (Å²) in [7, 11) is 0. The molecule has 0 fully saturated rings. The van der Waals surface area contributed by atoms with E-state index in [4.69, 9.17) is 5.11 Å². The SMILES string of the molecule is O=C(O)CCCCCCCC(=O)C(F)(F)F. The van der Waals surface area contributed by atoms with Gasteiger partial charge in [-0.2, -0.15) is 13.2 Å². The van der Waals surface area contributed by atoms with Crippen LogP contribution in [0.4, 0.5) is 13.2 Å². The third-order valence-electron chi connectivity index (χ3n) is 2.11. The van der Waals surface area contributed by atoms with Crippen LogP contribution in [0.1, 0.15) is 44.9 Å². The van der Waals surface area contributed by atoms with Gasteiger partial charge in [0.2, 0.25) is 5.78 Å². The highest BCUT2D eigenvalue weighted by Gasteiger charge is 2.36. The van der Waals surface area contributed by atoms with E-state index >= 15 is 0 Å². The molecule has 0 aromatic carbocycles. The molecule has 16 heavy (non-hydrogen) atoms. The molecule has 0 atom stereocenters. The van der Waals surface area contributed by atoms with Crippen LogP contribution in [0.2, 0.25) is 0 Å². The lowest BCUT2D eigenvalue weighted by molar-refractivity contribution is -0.171. The lowest BCUT2D eigenvalue weighted by Crippen LogP contribution is -2.22. The average molecular weight is 240 g/mol. The molecule has 0 bridgehead atoms. The largest absolute Gasteiger partial charge is 0.481 e. The highest BCUT2D eigenvalue weighted by Crippen LogP contribution is 2.19. The van der Waals surface area contributed by atoms with Gasteiger partial charge in [-0.25, -0.2) is 0 Å². The second-order valence-corrected chi connectivity index (χ2v) is 3.58. The molecule has 0 saturated carbocycles. The average Bonchev–Trinajstić information content (AvgIpc) is 2.14. The molecule has 0 spiro atoms. The molecular formula is C10H15F3O3. The van der Waals surface area contributed by atoms with Crippen molar-refractivity contribution >= 4 is 11.8 Å². The van der Waals surface area contributed by atoms with E-state index in [1.54, 1.807) is 0 Å². The Labute approximate surface area is 91.6 Å². The first-order valence-corrected chi connectivity index (χ1v) is 5.16. The second-order valence-electron chi connectivity index (χ2n) is 3.58. The van der Waals surface area contributed by atoms with Gasteiger partial charge in [0, 0.05) is 12.8 Å². The van der Waals surface area contributed by atoms with E-state index in [1.807, 2.05) is 0 Å². The predicted octanol–water partition coefficient (Wildman–Crippen LogP) is 2.93. The van der Waals surface area contributed by atoms with E-state index in [9.17, 15) is 22.8 Å². The third-order valence-corrected chi connectivity index (χ3v) is 2.11. The number of unbranched alkanes of at least 4 members (excludes halogenated alkanes) is 4. The van der Waals surface area contributed by atoms with E-state index < -0.39 is 24.3 Å². The van der Waals surface area contributed by atoms with Crippen LogP contribution in [0.5, 0.6) is 0 Å². The van der Waals surface area contributed by atoms with Crippen LogP contribution in [0.25, 0.3) is 0 Å². The van der Waals surface area contributed by atoms with Crippen molar-refractivity contribution < 1.29 is 27.9 Å². The van der Waals surface area contributed by atoms with Crippen molar-refractivity contribution in [3.63, 3.8) is 0 Å². The van der Waals surface area contributed by atoms with Gasteiger partial charge in [0.05, 0.1) is 0 Å². The second kappa shape index (κ2) is 7.24. The van der Waals surface area contributed by atoms with Crippen LogP contribution in [0.3, 0.4) is 0 Å². The highest BCUT2D eigenvalue weighted by atomic mass is 19.4. The summed E-state index contributed by atoms with van der Waals surface area (Å²) < 4.78 is 35.3. The molecular weight excluding hydrogens is 225 g/mol. The standard InChI is InChI=1S/C10H15F3O3/c11-10(12,13)8(14)6-4-2-1-3-5-7-9(15)16/h1-7H2,(H,15,16). The van der Waals surface area contributed by atoms with Crippen LogP contribution in [-0.2, 0) is 9.59 Å². The zero-order valence-electron chi connectivity index (χ0n) is 8.85. The summed E-state index contributed by atoms with van der Waals surface area (Å²) in [5.74, 6) is -2.55.